The van der Waals surface area contributed by atoms with Gasteiger partial charge in [-0.1, -0.05) is 48.9 Å². The van der Waals surface area contributed by atoms with E-state index in [2.05, 4.69) is 52.8 Å². The highest BCUT2D eigenvalue weighted by Crippen LogP contribution is 2.31. The molecule has 1 aromatic heterocycles. The molecular formula is C23H28ClN3O. The second kappa shape index (κ2) is 9.08. The number of ether oxygens (including phenoxy) is 1. The summed E-state index contributed by atoms with van der Waals surface area (Å²) >= 11 is 6.25. The van der Waals surface area contributed by atoms with Crippen molar-refractivity contribution in [3.63, 3.8) is 0 Å². The third-order valence-electron chi connectivity index (χ3n) is 5.62. The Hall–Kier alpha value is -1.88. The summed E-state index contributed by atoms with van der Waals surface area (Å²) in [6, 6.07) is 16.8. The molecule has 1 aliphatic rings. The molecule has 0 N–H and O–H groups in total. The Bertz CT molecular complexity index is 903. The lowest BCUT2D eigenvalue weighted by atomic mass is 9.95. The van der Waals surface area contributed by atoms with Crippen LogP contribution in [0.5, 0.6) is 0 Å². The summed E-state index contributed by atoms with van der Waals surface area (Å²) in [5, 5.41) is 0.741. The second-order valence-electron chi connectivity index (χ2n) is 7.43. The van der Waals surface area contributed by atoms with Crippen molar-refractivity contribution < 1.29 is 4.74 Å². The van der Waals surface area contributed by atoms with Gasteiger partial charge in [0, 0.05) is 37.1 Å². The van der Waals surface area contributed by atoms with Gasteiger partial charge in [-0.25, -0.2) is 4.98 Å². The summed E-state index contributed by atoms with van der Waals surface area (Å²) in [5.74, 6) is 1.43. The molecule has 4 rings (SSSR count). The molecule has 1 fully saturated rings. The minimum absolute atomic E-state index is 0.288. The zero-order chi connectivity index (χ0) is 19.3. The van der Waals surface area contributed by atoms with E-state index in [-0.39, 0.29) is 5.92 Å². The van der Waals surface area contributed by atoms with Crippen LogP contribution in [0.2, 0.25) is 5.02 Å². The van der Waals surface area contributed by atoms with Crippen LogP contribution in [0.25, 0.3) is 11.0 Å². The van der Waals surface area contributed by atoms with Gasteiger partial charge in [0.25, 0.3) is 0 Å². The summed E-state index contributed by atoms with van der Waals surface area (Å²) in [6.07, 6.45) is 2.12. The first-order chi connectivity index (χ1) is 13.8. The van der Waals surface area contributed by atoms with Gasteiger partial charge in [-0.05, 0) is 36.6 Å². The predicted molar refractivity (Wildman–Crippen MR) is 115 cm³/mol. The minimum Gasteiger partial charge on any atom is -0.379 e. The van der Waals surface area contributed by atoms with Crippen molar-refractivity contribution in [1.82, 2.24) is 14.5 Å². The number of nitrogens with zero attached hydrogens (tertiary/aromatic N) is 3. The molecule has 28 heavy (non-hydrogen) atoms. The lowest BCUT2D eigenvalue weighted by molar-refractivity contribution is 0.0369. The van der Waals surface area contributed by atoms with Crippen LogP contribution in [-0.2, 0) is 11.3 Å². The summed E-state index contributed by atoms with van der Waals surface area (Å²) in [5.41, 5.74) is 3.49. The van der Waals surface area contributed by atoms with E-state index in [9.17, 15) is 0 Å². The fourth-order valence-corrected chi connectivity index (χ4v) is 4.32. The monoisotopic (exact) mass is 397 g/mol. The van der Waals surface area contributed by atoms with Crippen LogP contribution in [0.4, 0.5) is 0 Å². The zero-order valence-electron chi connectivity index (χ0n) is 16.5. The molecule has 0 saturated carbocycles. The first kappa shape index (κ1) is 19.4. The van der Waals surface area contributed by atoms with Gasteiger partial charge in [0.05, 0.1) is 24.2 Å². The van der Waals surface area contributed by atoms with Crippen LogP contribution in [0.3, 0.4) is 0 Å². The molecule has 3 aromatic rings. The van der Waals surface area contributed by atoms with Gasteiger partial charge in [-0.15, -0.1) is 0 Å². The standard InChI is InChI=1S/C23H28ClN3O/c1-2-20(18-7-4-3-5-8-18)23-25-21-17-19(24)9-10-22(21)27(23)12-6-11-26-13-15-28-16-14-26/h3-5,7-10,17,20H,2,6,11-16H2,1H3. The summed E-state index contributed by atoms with van der Waals surface area (Å²) in [7, 11) is 0. The molecule has 2 heterocycles. The lowest BCUT2D eigenvalue weighted by Crippen LogP contribution is -2.37. The lowest BCUT2D eigenvalue weighted by Gasteiger charge is -2.26. The van der Waals surface area contributed by atoms with Crippen molar-refractivity contribution in [3.8, 4) is 0 Å². The average Bonchev–Trinajstić information content (AvgIpc) is 3.07. The van der Waals surface area contributed by atoms with Crippen LogP contribution in [0.15, 0.2) is 48.5 Å². The summed E-state index contributed by atoms with van der Waals surface area (Å²) < 4.78 is 7.88. The molecule has 0 radical (unpaired) electrons. The van der Waals surface area contributed by atoms with Crippen LogP contribution in [-0.4, -0.2) is 47.3 Å². The molecule has 0 bridgehead atoms. The Morgan fingerprint density at radius 2 is 1.86 bits per heavy atom. The van der Waals surface area contributed by atoms with E-state index >= 15 is 0 Å². The van der Waals surface area contributed by atoms with Gasteiger partial charge in [-0.2, -0.15) is 0 Å². The number of hydrogen-bond donors (Lipinski definition) is 0. The Labute approximate surface area is 172 Å². The molecule has 0 amide bonds. The highest BCUT2D eigenvalue weighted by atomic mass is 35.5. The Balaban J connectivity index is 1.63. The number of morpholine rings is 1. The van der Waals surface area contributed by atoms with E-state index in [1.54, 1.807) is 0 Å². The number of imidazole rings is 1. The van der Waals surface area contributed by atoms with Gasteiger partial charge in [0.2, 0.25) is 0 Å². The highest BCUT2D eigenvalue weighted by molar-refractivity contribution is 6.31. The van der Waals surface area contributed by atoms with Crippen LogP contribution in [0.1, 0.15) is 37.1 Å². The number of halogens is 1. The molecule has 0 spiro atoms. The van der Waals surface area contributed by atoms with E-state index in [1.165, 1.54) is 11.1 Å². The minimum atomic E-state index is 0.288. The molecular weight excluding hydrogens is 370 g/mol. The van der Waals surface area contributed by atoms with Crippen LogP contribution < -0.4 is 0 Å². The van der Waals surface area contributed by atoms with E-state index in [0.717, 1.165) is 68.6 Å². The van der Waals surface area contributed by atoms with E-state index in [1.807, 2.05) is 12.1 Å². The maximum atomic E-state index is 6.25. The number of aromatic nitrogens is 2. The van der Waals surface area contributed by atoms with Gasteiger partial charge < -0.3 is 9.30 Å². The third kappa shape index (κ3) is 4.24. The number of rotatable bonds is 7. The summed E-state index contributed by atoms with van der Waals surface area (Å²) in [6.45, 7) is 8.07. The van der Waals surface area contributed by atoms with Gasteiger partial charge in [0.1, 0.15) is 5.82 Å². The molecule has 148 valence electrons. The highest BCUT2D eigenvalue weighted by Gasteiger charge is 2.21. The average molecular weight is 398 g/mol. The topological polar surface area (TPSA) is 30.3 Å². The maximum Gasteiger partial charge on any atom is 0.117 e. The molecule has 2 aromatic carbocycles. The molecule has 5 heteroatoms. The molecule has 0 aliphatic carbocycles. The Kier molecular flexibility index (Phi) is 6.30. The van der Waals surface area contributed by atoms with E-state index in [4.69, 9.17) is 21.3 Å². The van der Waals surface area contributed by atoms with Gasteiger partial charge in [0.15, 0.2) is 0 Å². The second-order valence-corrected chi connectivity index (χ2v) is 7.87. The van der Waals surface area contributed by atoms with E-state index < -0.39 is 0 Å². The van der Waals surface area contributed by atoms with Crippen molar-refractivity contribution in [2.24, 2.45) is 0 Å². The normalized spacial score (nSPS) is 16.5. The van der Waals surface area contributed by atoms with Crippen molar-refractivity contribution >= 4 is 22.6 Å². The van der Waals surface area contributed by atoms with Crippen LogP contribution in [0, 0.1) is 0 Å². The molecule has 1 saturated heterocycles. The molecule has 1 unspecified atom stereocenters. The van der Waals surface area contributed by atoms with Crippen molar-refractivity contribution in [3.05, 3.63) is 64.9 Å². The third-order valence-corrected chi connectivity index (χ3v) is 5.86. The quantitative estimate of drug-likeness (QED) is 0.564. The van der Waals surface area contributed by atoms with E-state index in [0.29, 0.717) is 0 Å². The number of hydrogen-bond acceptors (Lipinski definition) is 3. The predicted octanol–water partition coefficient (Wildman–Crippen LogP) is 4.95. The number of benzene rings is 2. The van der Waals surface area contributed by atoms with Crippen molar-refractivity contribution in [1.29, 1.82) is 0 Å². The fourth-order valence-electron chi connectivity index (χ4n) is 4.15. The smallest absolute Gasteiger partial charge is 0.117 e. The SMILES string of the molecule is CCC(c1ccccc1)c1nc2cc(Cl)ccc2n1CCCN1CCOCC1. The fraction of sp³-hybridized carbons (Fsp3) is 0.435. The van der Waals surface area contributed by atoms with Crippen molar-refractivity contribution in [2.75, 3.05) is 32.8 Å². The first-order valence-corrected chi connectivity index (χ1v) is 10.6. The Morgan fingerprint density at radius 1 is 1.07 bits per heavy atom. The van der Waals surface area contributed by atoms with Crippen molar-refractivity contribution in [2.45, 2.75) is 32.2 Å². The first-order valence-electron chi connectivity index (χ1n) is 10.3. The summed E-state index contributed by atoms with van der Waals surface area (Å²) in [4.78, 5) is 7.53. The zero-order valence-corrected chi connectivity index (χ0v) is 17.2. The molecule has 4 nitrogen and oxygen atoms in total. The van der Waals surface area contributed by atoms with Gasteiger partial charge >= 0.3 is 0 Å². The molecule has 1 aliphatic heterocycles. The number of aryl methyl sites for hydroxylation is 1. The number of fused-ring (bicyclic) bond motifs is 1. The largest absolute Gasteiger partial charge is 0.379 e. The molecule has 1 atom stereocenters. The Morgan fingerprint density at radius 3 is 2.61 bits per heavy atom. The van der Waals surface area contributed by atoms with Crippen LogP contribution >= 0.6 is 11.6 Å². The maximum absolute atomic E-state index is 6.25. The van der Waals surface area contributed by atoms with Gasteiger partial charge in [-0.3, -0.25) is 4.90 Å².